The van der Waals surface area contributed by atoms with Crippen molar-refractivity contribution in [3.63, 3.8) is 0 Å². The maximum Gasteiger partial charge on any atom is 0.248 e. The highest BCUT2D eigenvalue weighted by molar-refractivity contribution is 8.00. The first-order valence-electron chi connectivity index (χ1n) is 8.43. The number of allylic oxidation sites excluding steroid dienone is 1. The summed E-state index contributed by atoms with van der Waals surface area (Å²) in [6.07, 6.45) is 1.81. The second-order valence-electron chi connectivity index (χ2n) is 5.97. The smallest absolute Gasteiger partial charge is 0.248 e. The van der Waals surface area contributed by atoms with Crippen molar-refractivity contribution in [1.82, 2.24) is 9.55 Å². The third-order valence-corrected chi connectivity index (χ3v) is 5.11. The van der Waals surface area contributed by atoms with Gasteiger partial charge in [-0.15, -0.1) is 6.58 Å². The fourth-order valence-electron chi connectivity index (χ4n) is 2.62. The van der Waals surface area contributed by atoms with Gasteiger partial charge in [-0.1, -0.05) is 30.0 Å². The van der Waals surface area contributed by atoms with Crippen molar-refractivity contribution in [2.24, 2.45) is 5.73 Å². The van der Waals surface area contributed by atoms with Crippen LogP contribution in [-0.2, 0) is 11.3 Å². The van der Waals surface area contributed by atoms with Crippen molar-refractivity contribution in [1.29, 1.82) is 0 Å². The average Bonchev–Trinajstić information content (AvgIpc) is 3.00. The Morgan fingerprint density at radius 1 is 1.26 bits per heavy atom. The van der Waals surface area contributed by atoms with E-state index in [-0.39, 0.29) is 11.2 Å². The number of amides is 2. The second kappa shape index (κ2) is 8.09. The molecule has 0 bridgehead atoms. The van der Waals surface area contributed by atoms with Crippen molar-refractivity contribution in [2.45, 2.75) is 23.9 Å². The van der Waals surface area contributed by atoms with Gasteiger partial charge >= 0.3 is 0 Å². The van der Waals surface area contributed by atoms with Crippen LogP contribution in [0.15, 0.2) is 66.3 Å². The molecular weight excluding hydrogens is 360 g/mol. The molecule has 0 radical (unpaired) electrons. The zero-order chi connectivity index (χ0) is 19.4. The molecule has 27 heavy (non-hydrogen) atoms. The number of aromatic nitrogens is 2. The van der Waals surface area contributed by atoms with Crippen molar-refractivity contribution in [2.75, 3.05) is 5.32 Å². The lowest BCUT2D eigenvalue weighted by atomic mass is 10.2. The molecular formula is C20H20N4O2S. The Hall–Kier alpha value is -3.06. The number of nitrogens with two attached hydrogens (primary N) is 1. The molecule has 0 aliphatic carbocycles. The number of nitrogens with one attached hydrogen (secondary N) is 1. The molecule has 2 aromatic carbocycles. The standard InChI is InChI=1S/C20H20N4O2S/c1-3-12-24-17-7-5-4-6-16(17)23-20(24)27-13(2)19(26)22-15-10-8-14(9-11-15)18(21)25/h3-11,13H,1,12H2,2H3,(H2,21,25)(H,22,26)/t13-/m1/s1. The first-order chi connectivity index (χ1) is 13.0. The molecule has 1 heterocycles. The fraction of sp³-hybridized carbons (Fsp3) is 0.150. The lowest BCUT2D eigenvalue weighted by Crippen LogP contribution is -2.23. The van der Waals surface area contributed by atoms with Crippen LogP contribution in [0.5, 0.6) is 0 Å². The van der Waals surface area contributed by atoms with Crippen LogP contribution in [-0.4, -0.2) is 26.6 Å². The molecule has 0 aliphatic heterocycles. The molecule has 7 heteroatoms. The molecule has 2 amide bonds. The number of carbonyl (C=O) groups excluding carboxylic acids is 2. The highest BCUT2D eigenvalue weighted by atomic mass is 32.2. The van der Waals surface area contributed by atoms with E-state index in [4.69, 9.17) is 5.73 Å². The van der Waals surface area contributed by atoms with Crippen LogP contribution in [0.3, 0.4) is 0 Å². The van der Waals surface area contributed by atoms with Gasteiger partial charge < -0.3 is 15.6 Å². The van der Waals surface area contributed by atoms with Gasteiger partial charge in [0.1, 0.15) is 0 Å². The Morgan fingerprint density at radius 2 is 1.96 bits per heavy atom. The molecule has 3 rings (SSSR count). The largest absolute Gasteiger partial charge is 0.366 e. The van der Waals surface area contributed by atoms with Crippen LogP contribution in [0.4, 0.5) is 5.69 Å². The summed E-state index contributed by atoms with van der Waals surface area (Å²) in [7, 11) is 0. The molecule has 0 saturated heterocycles. The number of imidazole rings is 1. The number of fused-ring (bicyclic) bond motifs is 1. The van der Waals surface area contributed by atoms with Crippen LogP contribution < -0.4 is 11.1 Å². The van der Waals surface area contributed by atoms with Crippen LogP contribution >= 0.6 is 11.8 Å². The predicted molar refractivity (Wildman–Crippen MR) is 109 cm³/mol. The normalized spacial score (nSPS) is 11.9. The summed E-state index contributed by atoms with van der Waals surface area (Å²) >= 11 is 1.39. The Labute approximate surface area is 161 Å². The van der Waals surface area contributed by atoms with Crippen molar-refractivity contribution in [3.05, 3.63) is 66.7 Å². The summed E-state index contributed by atoms with van der Waals surface area (Å²) in [6.45, 7) is 6.25. The highest BCUT2D eigenvalue weighted by Crippen LogP contribution is 2.28. The molecule has 138 valence electrons. The molecule has 6 nitrogen and oxygen atoms in total. The molecule has 0 aliphatic rings. The SMILES string of the molecule is C=CCn1c(S[C@H](C)C(=O)Nc2ccc(C(N)=O)cc2)nc2ccccc21. The van der Waals surface area contributed by atoms with E-state index in [1.165, 1.54) is 11.8 Å². The highest BCUT2D eigenvalue weighted by Gasteiger charge is 2.19. The van der Waals surface area contributed by atoms with E-state index in [9.17, 15) is 9.59 Å². The van der Waals surface area contributed by atoms with Gasteiger partial charge in [-0.05, 0) is 43.3 Å². The Bertz CT molecular complexity index is 995. The number of benzene rings is 2. The Balaban J connectivity index is 1.74. The van der Waals surface area contributed by atoms with E-state index in [1.807, 2.05) is 41.8 Å². The summed E-state index contributed by atoms with van der Waals surface area (Å²) in [5, 5.41) is 3.25. The Kier molecular flexibility index (Phi) is 5.61. The number of hydrogen-bond acceptors (Lipinski definition) is 4. The summed E-state index contributed by atoms with van der Waals surface area (Å²) in [5.41, 5.74) is 8.12. The van der Waals surface area contributed by atoms with Gasteiger partial charge in [0, 0.05) is 17.8 Å². The molecule has 1 atom stereocenters. The summed E-state index contributed by atoms with van der Waals surface area (Å²) < 4.78 is 2.04. The average molecular weight is 380 g/mol. The van der Waals surface area contributed by atoms with Crippen LogP contribution in [0, 0.1) is 0 Å². The van der Waals surface area contributed by atoms with E-state index in [1.54, 1.807) is 24.3 Å². The maximum absolute atomic E-state index is 12.5. The quantitative estimate of drug-likeness (QED) is 0.485. The topological polar surface area (TPSA) is 90.0 Å². The lowest BCUT2D eigenvalue weighted by molar-refractivity contribution is -0.115. The minimum Gasteiger partial charge on any atom is -0.366 e. The predicted octanol–water partition coefficient (Wildman–Crippen LogP) is 3.44. The van der Waals surface area contributed by atoms with Crippen molar-refractivity contribution >= 4 is 40.3 Å². The summed E-state index contributed by atoms with van der Waals surface area (Å²) in [5.74, 6) is -0.651. The lowest BCUT2D eigenvalue weighted by Gasteiger charge is -2.13. The minimum absolute atomic E-state index is 0.149. The van der Waals surface area contributed by atoms with Crippen LogP contribution in [0.2, 0.25) is 0 Å². The monoisotopic (exact) mass is 380 g/mol. The molecule has 0 spiro atoms. The van der Waals surface area contributed by atoms with Gasteiger partial charge in [0.15, 0.2) is 5.16 Å². The van der Waals surface area contributed by atoms with Crippen LogP contribution in [0.1, 0.15) is 17.3 Å². The number of nitrogens with zero attached hydrogens (tertiary/aromatic N) is 2. The number of thioether (sulfide) groups is 1. The van der Waals surface area contributed by atoms with Gasteiger partial charge in [0.25, 0.3) is 0 Å². The molecule has 0 unspecified atom stereocenters. The van der Waals surface area contributed by atoms with Gasteiger partial charge in [-0.25, -0.2) is 4.98 Å². The number of primary amides is 1. The van der Waals surface area contributed by atoms with Gasteiger partial charge in [-0.3, -0.25) is 9.59 Å². The van der Waals surface area contributed by atoms with E-state index in [0.717, 1.165) is 16.2 Å². The van der Waals surface area contributed by atoms with E-state index in [0.29, 0.717) is 17.8 Å². The minimum atomic E-state index is -0.502. The number of rotatable bonds is 7. The molecule has 3 aromatic rings. The third-order valence-electron chi connectivity index (χ3n) is 4.02. The first-order valence-corrected chi connectivity index (χ1v) is 9.31. The number of para-hydroxylation sites is 2. The molecule has 0 saturated carbocycles. The fourth-order valence-corrected chi connectivity index (χ4v) is 3.56. The number of carbonyl (C=O) groups is 2. The van der Waals surface area contributed by atoms with Crippen molar-refractivity contribution in [3.8, 4) is 0 Å². The van der Waals surface area contributed by atoms with Crippen molar-refractivity contribution < 1.29 is 9.59 Å². The van der Waals surface area contributed by atoms with E-state index in [2.05, 4.69) is 16.9 Å². The Morgan fingerprint density at radius 3 is 2.63 bits per heavy atom. The molecule has 1 aromatic heterocycles. The maximum atomic E-state index is 12.5. The molecule has 0 fully saturated rings. The van der Waals surface area contributed by atoms with Gasteiger partial charge in [0.05, 0.1) is 16.3 Å². The first kappa shape index (κ1) is 18.7. The van der Waals surface area contributed by atoms with Crippen LogP contribution in [0.25, 0.3) is 11.0 Å². The molecule has 3 N–H and O–H groups in total. The van der Waals surface area contributed by atoms with E-state index >= 15 is 0 Å². The second-order valence-corrected chi connectivity index (χ2v) is 7.28. The third kappa shape index (κ3) is 4.20. The zero-order valence-corrected chi connectivity index (χ0v) is 15.7. The number of anilines is 1. The van der Waals surface area contributed by atoms with E-state index < -0.39 is 5.91 Å². The van der Waals surface area contributed by atoms with Gasteiger partial charge in [-0.2, -0.15) is 0 Å². The van der Waals surface area contributed by atoms with Gasteiger partial charge in [0.2, 0.25) is 11.8 Å². The number of hydrogen-bond donors (Lipinski definition) is 2. The summed E-state index contributed by atoms with van der Waals surface area (Å²) in [4.78, 5) is 28.3. The zero-order valence-electron chi connectivity index (χ0n) is 14.9. The summed E-state index contributed by atoms with van der Waals surface area (Å²) in [6, 6.07) is 14.3.